The molecule has 0 aliphatic carbocycles. The lowest BCUT2D eigenvalue weighted by molar-refractivity contribution is -0.128. The van der Waals surface area contributed by atoms with Gasteiger partial charge in [0.2, 0.25) is 5.91 Å². The Kier molecular flexibility index (Phi) is 13.1. The number of carbonyl (C=O) groups is 1. The van der Waals surface area contributed by atoms with Gasteiger partial charge in [-0.2, -0.15) is 0 Å². The van der Waals surface area contributed by atoms with E-state index in [2.05, 4.69) is 10.6 Å². The molecule has 4 rings (SSSR count). The highest BCUT2D eigenvalue weighted by Gasteiger charge is 2.28. The Balaban J connectivity index is 1.45. The minimum atomic E-state index is -3.61. The first-order valence-corrected chi connectivity index (χ1v) is 16.7. The molecule has 4 aromatic carbocycles. The average molecular weight is 631 g/mol. The van der Waals surface area contributed by atoms with Gasteiger partial charge in [0, 0.05) is 13.1 Å². The van der Waals surface area contributed by atoms with Crippen LogP contribution in [0, 0.1) is 5.92 Å². The molecule has 0 radical (unpaired) electrons. The van der Waals surface area contributed by atoms with Gasteiger partial charge in [-0.3, -0.25) is 4.79 Å². The third-order valence-electron chi connectivity index (χ3n) is 7.55. The van der Waals surface area contributed by atoms with Crippen LogP contribution in [0.4, 0.5) is 0 Å². The zero-order chi connectivity index (χ0) is 31.9. The molecule has 4 aromatic rings. The predicted octanol–water partition coefficient (Wildman–Crippen LogP) is 4.57. The van der Waals surface area contributed by atoms with Crippen molar-refractivity contribution in [3.8, 4) is 5.75 Å². The lowest BCUT2D eigenvalue weighted by atomic mass is 9.99. The third kappa shape index (κ3) is 11.1. The van der Waals surface area contributed by atoms with Crippen LogP contribution < -0.4 is 15.4 Å². The Hall–Kier alpha value is -4.02. The van der Waals surface area contributed by atoms with Gasteiger partial charge in [0.25, 0.3) is 0 Å². The third-order valence-corrected chi connectivity index (χ3v) is 9.31. The maximum Gasteiger partial charge on any atom is 0.225 e. The molecule has 1 unspecified atom stereocenters. The molecule has 0 bridgehead atoms. The van der Waals surface area contributed by atoms with E-state index < -0.39 is 27.9 Å². The van der Waals surface area contributed by atoms with Crippen LogP contribution in [0.1, 0.15) is 23.1 Å². The first-order valence-electron chi connectivity index (χ1n) is 15.1. The number of rotatable bonds is 18. The van der Waals surface area contributed by atoms with E-state index in [0.29, 0.717) is 19.6 Å². The molecule has 3 N–H and O–H groups in total. The molecule has 0 aliphatic rings. The number of benzene rings is 4. The number of amides is 1. The molecular formula is C36H42N2O6S. The van der Waals surface area contributed by atoms with E-state index in [0.717, 1.165) is 22.4 Å². The van der Waals surface area contributed by atoms with E-state index in [1.807, 2.05) is 84.9 Å². The van der Waals surface area contributed by atoms with Gasteiger partial charge in [0.05, 0.1) is 49.0 Å². The number of carbonyl (C=O) groups excluding carboxylic acids is 1. The summed E-state index contributed by atoms with van der Waals surface area (Å²) in [5, 5.41) is 17.6. The molecule has 0 heterocycles. The standard InChI is InChI=1S/C36H42N2O6S/c1-43-32-17-11-16-30(22-32)24-37-25-35(39)34(23-28-12-5-2-6-13-28)38-36(40)31(27-44-26-29-14-7-3-8-15-29)20-21-45(41,42)33-18-9-4-10-19-33/h2-19,22,31,34-35,37,39H,20-21,23-27H2,1H3,(H,38,40)/t31?,34-,35+/m0/s1. The Bertz CT molecular complexity index is 1550. The largest absolute Gasteiger partial charge is 0.497 e. The number of sulfone groups is 1. The number of aliphatic hydroxyl groups is 1. The molecule has 9 heteroatoms. The molecular weight excluding hydrogens is 588 g/mol. The summed E-state index contributed by atoms with van der Waals surface area (Å²) in [7, 11) is -1.99. The summed E-state index contributed by atoms with van der Waals surface area (Å²) in [6.07, 6.45) is -0.451. The predicted molar refractivity (Wildman–Crippen MR) is 175 cm³/mol. The molecule has 45 heavy (non-hydrogen) atoms. The van der Waals surface area contributed by atoms with E-state index in [-0.39, 0.29) is 36.1 Å². The van der Waals surface area contributed by atoms with Gasteiger partial charge in [-0.25, -0.2) is 8.42 Å². The molecule has 238 valence electrons. The summed E-state index contributed by atoms with van der Waals surface area (Å²) >= 11 is 0. The van der Waals surface area contributed by atoms with E-state index >= 15 is 0 Å². The molecule has 8 nitrogen and oxygen atoms in total. The minimum absolute atomic E-state index is 0.0350. The van der Waals surface area contributed by atoms with Crippen molar-refractivity contribution in [1.82, 2.24) is 10.6 Å². The smallest absolute Gasteiger partial charge is 0.225 e. The Morgan fingerprint density at radius 1 is 0.822 bits per heavy atom. The summed E-state index contributed by atoms with van der Waals surface area (Å²) in [4.78, 5) is 14.0. The lowest BCUT2D eigenvalue weighted by Crippen LogP contribution is -2.50. The second kappa shape index (κ2) is 17.5. The van der Waals surface area contributed by atoms with Crippen LogP contribution >= 0.6 is 0 Å². The molecule has 0 saturated carbocycles. The van der Waals surface area contributed by atoms with Crippen molar-refractivity contribution in [3.05, 3.63) is 132 Å². The minimum Gasteiger partial charge on any atom is -0.497 e. The van der Waals surface area contributed by atoms with Gasteiger partial charge in [-0.1, -0.05) is 91.0 Å². The van der Waals surface area contributed by atoms with Crippen molar-refractivity contribution in [2.24, 2.45) is 5.92 Å². The number of nitrogens with one attached hydrogen (secondary N) is 2. The summed E-state index contributed by atoms with van der Waals surface area (Å²) in [6.45, 7) is 1.06. The van der Waals surface area contributed by atoms with Crippen molar-refractivity contribution in [3.63, 3.8) is 0 Å². The van der Waals surface area contributed by atoms with Gasteiger partial charge in [0.1, 0.15) is 5.75 Å². The fourth-order valence-electron chi connectivity index (χ4n) is 4.97. The van der Waals surface area contributed by atoms with E-state index in [1.165, 1.54) is 0 Å². The maximum absolute atomic E-state index is 13.8. The average Bonchev–Trinajstić information content (AvgIpc) is 3.07. The molecule has 0 spiro atoms. The first-order chi connectivity index (χ1) is 21.8. The second-order valence-corrected chi connectivity index (χ2v) is 13.1. The van der Waals surface area contributed by atoms with Crippen LogP contribution in [-0.4, -0.2) is 57.6 Å². The molecule has 1 amide bonds. The van der Waals surface area contributed by atoms with Crippen LogP contribution in [0.5, 0.6) is 5.75 Å². The van der Waals surface area contributed by atoms with Crippen molar-refractivity contribution >= 4 is 15.7 Å². The Labute approximate surface area is 266 Å². The van der Waals surface area contributed by atoms with Crippen LogP contribution in [0.3, 0.4) is 0 Å². The lowest BCUT2D eigenvalue weighted by Gasteiger charge is -2.27. The SMILES string of the molecule is COc1cccc(CNC[C@@H](O)[C@H](Cc2ccccc2)NC(=O)C(CCS(=O)(=O)c2ccccc2)COCc2ccccc2)c1. The van der Waals surface area contributed by atoms with Gasteiger partial charge in [-0.15, -0.1) is 0 Å². The maximum atomic E-state index is 13.8. The van der Waals surface area contributed by atoms with Gasteiger partial charge < -0.3 is 25.2 Å². The van der Waals surface area contributed by atoms with E-state index in [9.17, 15) is 18.3 Å². The van der Waals surface area contributed by atoms with Crippen LogP contribution in [0.25, 0.3) is 0 Å². The Morgan fingerprint density at radius 2 is 1.44 bits per heavy atom. The van der Waals surface area contributed by atoms with E-state index in [1.54, 1.807) is 37.4 Å². The van der Waals surface area contributed by atoms with Gasteiger partial charge in [0.15, 0.2) is 9.84 Å². The molecule has 0 aromatic heterocycles. The molecule has 0 aliphatic heterocycles. The van der Waals surface area contributed by atoms with Gasteiger partial charge in [-0.05, 0) is 53.8 Å². The summed E-state index contributed by atoms with van der Waals surface area (Å²) in [5.41, 5.74) is 2.91. The normalized spacial score (nSPS) is 13.5. The fourth-order valence-corrected chi connectivity index (χ4v) is 6.37. The van der Waals surface area contributed by atoms with Gasteiger partial charge >= 0.3 is 0 Å². The zero-order valence-electron chi connectivity index (χ0n) is 25.5. The van der Waals surface area contributed by atoms with Crippen molar-refractivity contribution in [2.45, 2.75) is 43.0 Å². The molecule has 0 fully saturated rings. The highest BCUT2D eigenvalue weighted by atomic mass is 32.2. The quantitative estimate of drug-likeness (QED) is 0.148. The van der Waals surface area contributed by atoms with Crippen LogP contribution in [0.2, 0.25) is 0 Å². The highest BCUT2D eigenvalue weighted by Crippen LogP contribution is 2.17. The second-order valence-electron chi connectivity index (χ2n) is 11.0. The molecule has 3 atom stereocenters. The number of hydrogen-bond acceptors (Lipinski definition) is 7. The number of ether oxygens (including phenoxy) is 2. The Morgan fingerprint density at radius 3 is 2.11 bits per heavy atom. The van der Waals surface area contributed by atoms with E-state index in [4.69, 9.17) is 9.47 Å². The highest BCUT2D eigenvalue weighted by molar-refractivity contribution is 7.91. The number of hydrogen-bond donors (Lipinski definition) is 3. The number of aliphatic hydroxyl groups excluding tert-OH is 1. The summed E-state index contributed by atoms with van der Waals surface area (Å²) in [5.74, 6) is -0.571. The van der Waals surface area contributed by atoms with Crippen molar-refractivity contribution in [1.29, 1.82) is 0 Å². The zero-order valence-corrected chi connectivity index (χ0v) is 26.4. The molecule has 0 saturated heterocycles. The summed E-state index contributed by atoms with van der Waals surface area (Å²) < 4.78 is 37.4. The first kappa shape index (κ1) is 33.9. The van der Waals surface area contributed by atoms with Crippen molar-refractivity contribution < 1.29 is 27.8 Å². The van der Waals surface area contributed by atoms with Crippen LogP contribution in [-0.2, 0) is 38.9 Å². The number of methoxy groups -OCH3 is 1. The summed E-state index contributed by atoms with van der Waals surface area (Å²) in [6, 6.07) is 34.5. The van der Waals surface area contributed by atoms with Crippen LogP contribution in [0.15, 0.2) is 120 Å². The fraction of sp³-hybridized carbons (Fsp3) is 0.306. The monoisotopic (exact) mass is 630 g/mol. The topological polar surface area (TPSA) is 114 Å². The van der Waals surface area contributed by atoms with Crippen molar-refractivity contribution in [2.75, 3.05) is 26.0 Å².